The number of thioether (sulfide) groups is 1. The van der Waals surface area contributed by atoms with Crippen molar-refractivity contribution in [2.24, 2.45) is 7.05 Å². The van der Waals surface area contributed by atoms with Crippen molar-refractivity contribution in [1.82, 2.24) is 20.1 Å². The lowest BCUT2D eigenvalue weighted by atomic mass is 10.2. The van der Waals surface area contributed by atoms with Gasteiger partial charge in [0.15, 0.2) is 11.0 Å². The molecule has 0 aliphatic heterocycles. The Morgan fingerprint density at radius 3 is 2.49 bits per heavy atom. The number of amides is 2. The molecule has 2 N–H and O–H groups in total. The Balaban J connectivity index is 1.55. The normalized spacial score (nSPS) is 11.6. The number of anilines is 1. The molecule has 2 aromatic carbocycles. The molecule has 0 aliphatic carbocycles. The van der Waals surface area contributed by atoms with Crippen molar-refractivity contribution in [2.45, 2.75) is 25.0 Å². The highest BCUT2D eigenvalue weighted by Gasteiger charge is 2.20. The van der Waals surface area contributed by atoms with Gasteiger partial charge in [0.05, 0.1) is 34.6 Å². The Labute approximate surface area is 216 Å². The first-order valence-corrected chi connectivity index (χ1v) is 12.3. The molecule has 1 atom stereocenters. The van der Waals surface area contributed by atoms with Crippen LogP contribution < -0.4 is 10.6 Å². The van der Waals surface area contributed by atoms with Gasteiger partial charge in [0.1, 0.15) is 0 Å². The highest BCUT2D eigenvalue weighted by atomic mass is 35.5. The summed E-state index contributed by atoms with van der Waals surface area (Å²) >= 11 is 13.2. The molecule has 184 valence electrons. The first-order valence-electron chi connectivity index (χ1n) is 10.5. The minimum Gasteiger partial charge on any atom is -0.462 e. The molecule has 1 heterocycles. The topological polar surface area (TPSA) is 115 Å². The largest absolute Gasteiger partial charge is 0.462 e. The minimum absolute atomic E-state index is 0.0900. The molecule has 0 saturated carbocycles. The number of ether oxygens (including phenoxy) is 1. The van der Waals surface area contributed by atoms with E-state index in [4.69, 9.17) is 27.9 Å². The Bertz CT molecular complexity index is 1230. The maximum absolute atomic E-state index is 12.6. The molecule has 0 fully saturated rings. The second-order valence-electron chi connectivity index (χ2n) is 7.35. The van der Waals surface area contributed by atoms with Gasteiger partial charge in [0.25, 0.3) is 5.91 Å². The summed E-state index contributed by atoms with van der Waals surface area (Å²) in [5, 5.41) is 15.1. The van der Waals surface area contributed by atoms with Crippen LogP contribution in [0.4, 0.5) is 5.69 Å². The van der Waals surface area contributed by atoms with Crippen LogP contribution in [0.25, 0.3) is 0 Å². The van der Waals surface area contributed by atoms with Gasteiger partial charge in [0, 0.05) is 17.8 Å². The third-order valence-electron chi connectivity index (χ3n) is 4.79. The van der Waals surface area contributed by atoms with Crippen molar-refractivity contribution in [1.29, 1.82) is 0 Å². The maximum atomic E-state index is 12.6. The number of hydrogen-bond donors (Lipinski definition) is 2. The summed E-state index contributed by atoms with van der Waals surface area (Å²) in [6.45, 7) is 3.80. The molecule has 2 amide bonds. The lowest BCUT2D eigenvalue weighted by Gasteiger charge is -2.14. The summed E-state index contributed by atoms with van der Waals surface area (Å²) in [5.74, 6) is -0.430. The lowest BCUT2D eigenvalue weighted by Crippen LogP contribution is -2.28. The number of rotatable bonds is 9. The summed E-state index contributed by atoms with van der Waals surface area (Å²) in [5.41, 5.74) is 1.26. The molecule has 9 nitrogen and oxygen atoms in total. The van der Waals surface area contributed by atoms with Gasteiger partial charge >= 0.3 is 5.97 Å². The second kappa shape index (κ2) is 12.1. The van der Waals surface area contributed by atoms with E-state index in [0.717, 1.165) is 0 Å². The highest BCUT2D eigenvalue weighted by molar-refractivity contribution is 7.99. The van der Waals surface area contributed by atoms with Gasteiger partial charge in [-0.3, -0.25) is 9.59 Å². The van der Waals surface area contributed by atoms with Crippen molar-refractivity contribution >= 4 is 58.4 Å². The number of benzene rings is 2. The highest BCUT2D eigenvalue weighted by Crippen LogP contribution is 2.23. The van der Waals surface area contributed by atoms with Crippen LogP contribution in [0.5, 0.6) is 0 Å². The van der Waals surface area contributed by atoms with Crippen molar-refractivity contribution < 1.29 is 19.1 Å². The smallest absolute Gasteiger partial charge is 0.338 e. The molecule has 0 unspecified atom stereocenters. The van der Waals surface area contributed by atoms with E-state index in [-0.39, 0.29) is 22.6 Å². The summed E-state index contributed by atoms with van der Waals surface area (Å²) < 4.78 is 6.65. The van der Waals surface area contributed by atoms with Crippen LogP contribution in [0.1, 0.15) is 46.4 Å². The number of esters is 1. The van der Waals surface area contributed by atoms with Gasteiger partial charge < -0.3 is 19.9 Å². The van der Waals surface area contributed by atoms with Crippen LogP contribution in [0, 0.1) is 0 Å². The number of carbonyl (C=O) groups is 3. The third kappa shape index (κ3) is 6.97. The number of nitrogens with one attached hydrogen (secondary N) is 2. The zero-order valence-electron chi connectivity index (χ0n) is 19.2. The van der Waals surface area contributed by atoms with E-state index in [1.54, 1.807) is 61.9 Å². The van der Waals surface area contributed by atoms with Crippen molar-refractivity contribution in [2.75, 3.05) is 17.7 Å². The third-order valence-corrected chi connectivity index (χ3v) is 6.36. The fourth-order valence-corrected chi connectivity index (χ4v) is 4.29. The van der Waals surface area contributed by atoms with Crippen molar-refractivity contribution in [3.05, 3.63) is 69.5 Å². The van der Waals surface area contributed by atoms with Gasteiger partial charge in [-0.2, -0.15) is 0 Å². The number of halogens is 2. The molecule has 0 saturated heterocycles. The van der Waals surface area contributed by atoms with E-state index in [2.05, 4.69) is 20.8 Å². The Hall–Kier alpha value is -3.08. The second-order valence-corrected chi connectivity index (χ2v) is 9.14. The zero-order chi connectivity index (χ0) is 25.5. The molecule has 3 rings (SSSR count). The van der Waals surface area contributed by atoms with Crippen molar-refractivity contribution in [3.8, 4) is 0 Å². The molecule has 12 heteroatoms. The first-order chi connectivity index (χ1) is 16.7. The number of aromatic nitrogens is 3. The standard InChI is InChI=1S/C23H23Cl2N5O4S/c1-4-34-22(33)14-5-8-16(9-6-14)27-19(31)12-35-23-29-28-20(30(23)3)13(2)26-21(32)17-10-7-15(24)11-18(17)25/h5-11,13H,4,12H2,1-3H3,(H,26,32)(H,27,31)/t13-/m1/s1. The van der Waals surface area contributed by atoms with Crippen LogP contribution >= 0.6 is 35.0 Å². The fraction of sp³-hybridized carbons (Fsp3) is 0.261. The van der Waals surface area contributed by atoms with Gasteiger partial charge in [-0.1, -0.05) is 35.0 Å². The summed E-state index contributed by atoms with van der Waals surface area (Å²) in [4.78, 5) is 36.7. The molecule has 1 aromatic heterocycles. The van der Waals surface area contributed by atoms with Crippen LogP contribution in [0.15, 0.2) is 47.6 Å². The van der Waals surface area contributed by atoms with Gasteiger partial charge in [0.2, 0.25) is 5.91 Å². The van der Waals surface area contributed by atoms with Crippen LogP contribution in [0.3, 0.4) is 0 Å². The Kier molecular flexibility index (Phi) is 9.13. The Morgan fingerprint density at radius 2 is 1.83 bits per heavy atom. The molecule has 0 spiro atoms. The van der Waals surface area contributed by atoms with E-state index in [0.29, 0.717) is 39.4 Å². The summed E-state index contributed by atoms with van der Waals surface area (Å²) in [7, 11) is 1.75. The quantitative estimate of drug-likeness (QED) is 0.305. The SMILES string of the molecule is CCOC(=O)c1ccc(NC(=O)CSc2nnc([C@@H](C)NC(=O)c3ccc(Cl)cc3Cl)n2C)cc1. The molecule has 3 aromatic rings. The first kappa shape index (κ1) is 26.5. The van der Waals surface area contributed by atoms with E-state index in [9.17, 15) is 14.4 Å². The fourth-order valence-electron chi connectivity index (χ4n) is 3.07. The van der Waals surface area contributed by atoms with Crippen LogP contribution in [-0.4, -0.2) is 44.9 Å². The Morgan fingerprint density at radius 1 is 1.11 bits per heavy atom. The van der Waals surface area contributed by atoms with E-state index >= 15 is 0 Å². The van der Waals surface area contributed by atoms with Gasteiger partial charge in [-0.25, -0.2) is 4.79 Å². The zero-order valence-corrected chi connectivity index (χ0v) is 21.5. The van der Waals surface area contributed by atoms with Crippen LogP contribution in [0.2, 0.25) is 10.0 Å². The van der Waals surface area contributed by atoms with Gasteiger partial charge in [-0.15, -0.1) is 10.2 Å². The molecule has 35 heavy (non-hydrogen) atoms. The predicted molar refractivity (Wildman–Crippen MR) is 135 cm³/mol. The van der Waals surface area contributed by atoms with E-state index in [1.807, 2.05) is 0 Å². The molecule has 0 radical (unpaired) electrons. The summed E-state index contributed by atoms with van der Waals surface area (Å²) in [6, 6.07) is 10.6. The minimum atomic E-state index is -0.465. The number of nitrogens with zero attached hydrogens (tertiary/aromatic N) is 3. The average Bonchev–Trinajstić information content (AvgIpc) is 3.18. The maximum Gasteiger partial charge on any atom is 0.338 e. The predicted octanol–water partition coefficient (Wildman–Crippen LogP) is 4.52. The van der Waals surface area contributed by atoms with E-state index < -0.39 is 12.0 Å². The monoisotopic (exact) mass is 535 g/mol. The van der Waals surface area contributed by atoms with Gasteiger partial charge in [-0.05, 0) is 56.3 Å². The molecular weight excluding hydrogens is 513 g/mol. The van der Waals surface area contributed by atoms with E-state index in [1.165, 1.54) is 17.8 Å². The molecular formula is C23H23Cl2N5O4S. The van der Waals surface area contributed by atoms with Crippen LogP contribution in [-0.2, 0) is 16.6 Å². The molecule has 0 bridgehead atoms. The lowest BCUT2D eigenvalue weighted by molar-refractivity contribution is -0.113. The average molecular weight is 536 g/mol. The molecule has 0 aliphatic rings. The van der Waals surface area contributed by atoms with Crippen molar-refractivity contribution in [3.63, 3.8) is 0 Å². The number of hydrogen-bond acceptors (Lipinski definition) is 7. The number of carbonyl (C=O) groups excluding carboxylic acids is 3. The summed E-state index contributed by atoms with van der Waals surface area (Å²) in [6.07, 6.45) is 0.